The summed E-state index contributed by atoms with van der Waals surface area (Å²) < 4.78 is 5.69. The number of aryl methyl sites for hydroxylation is 1. The fourth-order valence-electron chi connectivity index (χ4n) is 2.16. The van der Waals surface area contributed by atoms with E-state index in [2.05, 4.69) is 5.32 Å². The molecule has 0 saturated heterocycles. The molecule has 1 amide bonds. The van der Waals surface area contributed by atoms with Gasteiger partial charge in [0, 0.05) is 16.6 Å². The summed E-state index contributed by atoms with van der Waals surface area (Å²) >= 11 is 11.8. The maximum absolute atomic E-state index is 12.1. The monoisotopic (exact) mass is 351 g/mol. The second-order valence-electron chi connectivity index (χ2n) is 5.34. The van der Waals surface area contributed by atoms with Crippen molar-refractivity contribution in [1.82, 2.24) is 5.32 Å². The first-order chi connectivity index (χ1) is 11.0. The van der Waals surface area contributed by atoms with Gasteiger partial charge < -0.3 is 10.1 Å². The molecule has 0 radical (unpaired) electrons. The van der Waals surface area contributed by atoms with E-state index in [-0.39, 0.29) is 5.91 Å². The Morgan fingerprint density at radius 2 is 1.91 bits per heavy atom. The van der Waals surface area contributed by atoms with Crippen LogP contribution in [0.3, 0.4) is 0 Å². The fraction of sp³-hybridized carbons (Fsp3) is 0.278. The zero-order valence-corrected chi connectivity index (χ0v) is 14.6. The van der Waals surface area contributed by atoms with Crippen LogP contribution in [-0.2, 0) is 11.2 Å². The van der Waals surface area contributed by atoms with Gasteiger partial charge in [-0.3, -0.25) is 4.79 Å². The summed E-state index contributed by atoms with van der Waals surface area (Å²) in [5, 5.41) is 4.21. The first-order valence-electron chi connectivity index (χ1n) is 7.40. The summed E-state index contributed by atoms with van der Waals surface area (Å²) in [6.07, 6.45) is 0.146. The number of carbonyl (C=O) groups excluding carboxylic acids is 1. The van der Waals surface area contributed by atoms with E-state index in [1.54, 1.807) is 25.1 Å². The molecule has 2 aromatic rings. The van der Waals surface area contributed by atoms with Crippen LogP contribution in [0.4, 0.5) is 0 Å². The molecule has 0 aliphatic rings. The zero-order chi connectivity index (χ0) is 16.8. The number of benzene rings is 2. The Hall–Kier alpha value is -1.71. The Balaban J connectivity index is 1.83. The van der Waals surface area contributed by atoms with Gasteiger partial charge in [0.2, 0.25) is 0 Å². The summed E-state index contributed by atoms with van der Waals surface area (Å²) in [7, 11) is 0. The van der Waals surface area contributed by atoms with Crippen LogP contribution in [0.25, 0.3) is 0 Å². The topological polar surface area (TPSA) is 38.3 Å². The van der Waals surface area contributed by atoms with Crippen LogP contribution < -0.4 is 10.1 Å². The quantitative estimate of drug-likeness (QED) is 0.835. The molecule has 0 aliphatic carbocycles. The SMILES string of the molecule is Cc1cc(Cl)ccc1O[C@H](C)C(=O)NCCc1cccc(Cl)c1. The van der Waals surface area contributed by atoms with E-state index in [4.69, 9.17) is 27.9 Å². The lowest BCUT2D eigenvalue weighted by Crippen LogP contribution is -2.37. The Bertz CT molecular complexity index is 688. The number of nitrogens with one attached hydrogen (secondary N) is 1. The van der Waals surface area contributed by atoms with Gasteiger partial charge >= 0.3 is 0 Å². The van der Waals surface area contributed by atoms with Gasteiger partial charge in [-0.25, -0.2) is 0 Å². The summed E-state index contributed by atoms with van der Waals surface area (Å²) in [5.74, 6) is 0.508. The van der Waals surface area contributed by atoms with E-state index in [0.717, 1.165) is 17.5 Å². The Morgan fingerprint density at radius 1 is 1.17 bits per heavy atom. The third kappa shape index (κ3) is 5.45. The number of ether oxygens (including phenoxy) is 1. The molecule has 0 unspecified atom stereocenters. The van der Waals surface area contributed by atoms with E-state index >= 15 is 0 Å². The molecule has 5 heteroatoms. The van der Waals surface area contributed by atoms with Gasteiger partial charge in [-0.1, -0.05) is 35.3 Å². The predicted molar refractivity (Wildman–Crippen MR) is 94.4 cm³/mol. The van der Waals surface area contributed by atoms with Crippen LogP contribution in [0.1, 0.15) is 18.1 Å². The smallest absolute Gasteiger partial charge is 0.260 e. The lowest BCUT2D eigenvalue weighted by Gasteiger charge is -2.16. The van der Waals surface area contributed by atoms with Crippen LogP contribution in [0.5, 0.6) is 5.75 Å². The molecule has 23 heavy (non-hydrogen) atoms. The number of hydrogen-bond donors (Lipinski definition) is 1. The van der Waals surface area contributed by atoms with Gasteiger partial charge in [0.15, 0.2) is 6.10 Å². The van der Waals surface area contributed by atoms with E-state index in [1.165, 1.54) is 0 Å². The molecule has 0 spiro atoms. The molecule has 0 heterocycles. The molecule has 0 aliphatic heterocycles. The first kappa shape index (κ1) is 17.6. The summed E-state index contributed by atoms with van der Waals surface area (Å²) in [4.78, 5) is 12.1. The normalized spacial score (nSPS) is 11.8. The molecule has 0 fully saturated rings. The minimum absolute atomic E-state index is 0.152. The molecule has 1 N–H and O–H groups in total. The number of amides is 1. The average molecular weight is 352 g/mol. The van der Waals surface area contributed by atoms with Crippen LogP contribution >= 0.6 is 23.2 Å². The highest BCUT2D eigenvalue weighted by molar-refractivity contribution is 6.30. The van der Waals surface area contributed by atoms with Crippen molar-refractivity contribution in [2.24, 2.45) is 0 Å². The highest BCUT2D eigenvalue weighted by Gasteiger charge is 2.15. The Labute approximate surface area is 146 Å². The maximum atomic E-state index is 12.1. The van der Waals surface area contributed by atoms with Crippen molar-refractivity contribution < 1.29 is 9.53 Å². The van der Waals surface area contributed by atoms with Gasteiger partial charge in [-0.15, -0.1) is 0 Å². The molecule has 1 atom stereocenters. The van der Waals surface area contributed by atoms with E-state index < -0.39 is 6.10 Å². The predicted octanol–water partition coefficient (Wildman–Crippen LogP) is 4.43. The minimum Gasteiger partial charge on any atom is -0.481 e. The molecule has 0 saturated carbocycles. The van der Waals surface area contributed by atoms with Crippen molar-refractivity contribution in [3.8, 4) is 5.75 Å². The molecule has 2 aromatic carbocycles. The minimum atomic E-state index is -0.575. The lowest BCUT2D eigenvalue weighted by atomic mass is 10.1. The van der Waals surface area contributed by atoms with Crippen LogP contribution in [0.2, 0.25) is 10.0 Å². The van der Waals surface area contributed by atoms with Crippen molar-refractivity contribution in [3.63, 3.8) is 0 Å². The number of rotatable bonds is 6. The standard InChI is InChI=1S/C18H19Cl2NO2/c1-12-10-16(20)6-7-17(12)23-13(2)18(22)21-9-8-14-4-3-5-15(19)11-14/h3-7,10-11,13H,8-9H2,1-2H3,(H,21,22)/t13-/m1/s1. The van der Waals surface area contributed by atoms with E-state index in [1.807, 2.05) is 31.2 Å². The van der Waals surface area contributed by atoms with Gasteiger partial charge in [0.1, 0.15) is 5.75 Å². The van der Waals surface area contributed by atoms with Crippen LogP contribution in [-0.4, -0.2) is 18.6 Å². The largest absolute Gasteiger partial charge is 0.481 e. The maximum Gasteiger partial charge on any atom is 0.260 e. The van der Waals surface area contributed by atoms with Crippen molar-refractivity contribution in [1.29, 1.82) is 0 Å². The summed E-state index contributed by atoms with van der Waals surface area (Å²) in [6, 6.07) is 12.9. The van der Waals surface area contributed by atoms with E-state index in [0.29, 0.717) is 22.3 Å². The average Bonchev–Trinajstić information content (AvgIpc) is 2.50. The van der Waals surface area contributed by atoms with Crippen molar-refractivity contribution in [3.05, 3.63) is 63.6 Å². The molecule has 122 valence electrons. The highest BCUT2D eigenvalue weighted by atomic mass is 35.5. The van der Waals surface area contributed by atoms with Gasteiger partial charge in [-0.05, 0) is 61.7 Å². The van der Waals surface area contributed by atoms with Crippen LogP contribution in [0.15, 0.2) is 42.5 Å². The number of halogens is 2. The van der Waals surface area contributed by atoms with Gasteiger partial charge in [0.25, 0.3) is 5.91 Å². The summed E-state index contributed by atoms with van der Waals surface area (Å²) in [5.41, 5.74) is 1.98. The number of hydrogen-bond acceptors (Lipinski definition) is 2. The van der Waals surface area contributed by atoms with Crippen LogP contribution in [0, 0.1) is 6.92 Å². The lowest BCUT2D eigenvalue weighted by molar-refractivity contribution is -0.127. The Kier molecular flexibility index (Phi) is 6.31. The highest BCUT2D eigenvalue weighted by Crippen LogP contribution is 2.22. The molecule has 0 bridgehead atoms. The zero-order valence-electron chi connectivity index (χ0n) is 13.1. The second-order valence-corrected chi connectivity index (χ2v) is 6.21. The molecular formula is C18H19Cl2NO2. The third-order valence-electron chi connectivity index (χ3n) is 3.41. The third-order valence-corrected chi connectivity index (χ3v) is 3.88. The molecular weight excluding hydrogens is 333 g/mol. The van der Waals surface area contributed by atoms with E-state index in [9.17, 15) is 4.79 Å². The van der Waals surface area contributed by atoms with Gasteiger partial charge in [0.05, 0.1) is 0 Å². The fourth-order valence-corrected chi connectivity index (χ4v) is 2.59. The van der Waals surface area contributed by atoms with Crippen molar-refractivity contribution in [2.75, 3.05) is 6.54 Å². The molecule has 0 aromatic heterocycles. The number of carbonyl (C=O) groups is 1. The summed E-state index contributed by atoms with van der Waals surface area (Å²) in [6.45, 7) is 4.15. The Morgan fingerprint density at radius 3 is 2.61 bits per heavy atom. The van der Waals surface area contributed by atoms with Crippen molar-refractivity contribution in [2.45, 2.75) is 26.4 Å². The second kappa shape index (κ2) is 8.23. The molecule has 3 nitrogen and oxygen atoms in total. The van der Waals surface area contributed by atoms with Gasteiger partial charge in [-0.2, -0.15) is 0 Å². The first-order valence-corrected chi connectivity index (χ1v) is 8.16. The van der Waals surface area contributed by atoms with Crippen molar-refractivity contribution >= 4 is 29.1 Å². The molecule has 2 rings (SSSR count).